The van der Waals surface area contributed by atoms with E-state index in [9.17, 15) is 5.26 Å². The molecule has 0 aliphatic rings. The van der Waals surface area contributed by atoms with E-state index in [-0.39, 0.29) is 0 Å². The van der Waals surface area contributed by atoms with Crippen LogP contribution in [0.4, 0.5) is 0 Å². The highest BCUT2D eigenvalue weighted by atomic mass is 35.5. The first-order valence-electron chi connectivity index (χ1n) is 8.82. The molecule has 1 aromatic heterocycles. The molecular formula is C23H14Cl3N3. The monoisotopic (exact) mass is 437 g/mol. The maximum absolute atomic E-state index is 9.86. The van der Waals surface area contributed by atoms with Crippen LogP contribution in [0.3, 0.4) is 0 Å². The van der Waals surface area contributed by atoms with Crippen LogP contribution in [0.15, 0.2) is 66.7 Å². The lowest BCUT2D eigenvalue weighted by molar-refractivity contribution is 0.811. The van der Waals surface area contributed by atoms with Crippen LogP contribution in [0.5, 0.6) is 0 Å². The highest BCUT2D eigenvalue weighted by Gasteiger charge is 2.16. The van der Waals surface area contributed by atoms with Crippen molar-refractivity contribution in [1.82, 2.24) is 9.55 Å². The molecule has 0 saturated heterocycles. The molecule has 0 N–H and O–H groups in total. The summed E-state index contributed by atoms with van der Waals surface area (Å²) in [7, 11) is 0. The molecule has 29 heavy (non-hydrogen) atoms. The van der Waals surface area contributed by atoms with Crippen molar-refractivity contribution in [3.8, 4) is 6.07 Å². The van der Waals surface area contributed by atoms with Crippen molar-refractivity contribution in [2.24, 2.45) is 0 Å². The molecule has 0 amide bonds. The number of aromatic nitrogens is 2. The molecule has 0 atom stereocenters. The zero-order valence-corrected chi connectivity index (χ0v) is 17.4. The molecule has 0 saturated carbocycles. The van der Waals surface area contributed by atoms with Crippen LogP contribution in [-0.4, -0.2) is 9.55 Å². The number of hydrogen-bond donors (Lipinski definition) is 0. The predicted molar refractivity (Wildman–Crippen MR) is 120 cm³/mol. The first-order valence-corrected chi connectivity index (χ1v) is 9.95. The van der Waals surface area contributed by atoms with Crippen LogP contribution < -0.4 is 0 Å². The Kier molecular flexibility index (Phi) is 5.60. The van der Waals surface area contributed by atoms with Crippen molar-refractivity contribution in [3.05, 3.63) is 98.7 Å². The maximum atomic E-state index is 9.86. The predicted octanol–water partition coefficient (Wildman–Crippen LogP) is 7.11. The Bertz CT molecular complexity index is 1270. The van der Waals surface area contributed by atoms with Crippen LogP contribution in [0.2, 0.25) is 15.1 Å². The number of benzene rings is 3. The van der Waals surface area contributed by atoms with Crippen LogP contribution in [-0.2, 0) is 6.54 Å². The van der Waals surface area contributed by atoms with Gasteiger partial charge in [0.1, 0.15) is 6.07 Å². The average Bonchev–Trinajstić information content (AvgIpc) is 3.08. The molecule has 1 heterocycles. The Balaban J connectivity index is 1.86. The van der Waals surface area contributed by atoms with E-state index in [4.69, 9.17) is 39.8 Å². The second-order valence-corrected chi connectivity index (χ2v) is 7.75. The fraction of sp³-hybridized carbons (Fsp3) is 0.0435. The van der Waals surface area contributed by atoms with Crippen molar-refractivity contribution in [1.29, 1.82) is 5.26 Å². The Morgan fingerprint density at radius 2 is 1.69 bits per heavy atom. The second-order valence-electron chi connectivity index (χ2n) is 6.47. The van der Waals surface area contributed by atoms with Crippen molar-refractivity contribution in [3.63, 3.8) is 0 Å². The Morgan fingerprint density at radius 3 is 2.41 bits per heavy atom. The third kappa shape index (κ3) is 4.16. The van der Waals surface area contributed by atoms with Gasteiger partial charge in [0, 0.05) is 15.1 Å². The number of nitrogens with zero attached hydrogens (tertiary/aromatic N) is 3. The zero-order chi connectivity index (χ0) is 20.4. The summed E-state index contributed by atoms with van der Waals surface area (Å²) in [4.78, 5) is 4.72. The first-order chi connectivity index (χ1) is 14.0. The molecule has 4 aromatic rings. The van der Waals surface area contributed by atoms with E-state index in [2.05, 4.69) is 6.07 Å². The van der Waals surface area contributed by atoms with E-state index in [1.54, 1.807) is 30.3 Å². The van der Waals surface area contributed by atoms with Crippen LogP contribution in [0, 0.1) is 11.3 Å². The number of allylic oxidation sites excluding steroid dienone is 1. The normalized spacial score (nSPS) is 11.6. The van der Waals surface area contributed by atoms with Gasteiger partial charge in [-0.05, 0) is 53.6 Å². The van der Waals surface area contributed by atoms with E-state index in [0.29, 0.717) is 33.0 Å². The number of para-hydroxylation sites is 2. The summed E-state index contributed by atoms with van der Waals surface area (Å²) in [6.45, 7) is 0.464. The van der Waals surface area contributed by atoms with Gasteiger partial charge in [-0.1, -0.05) is 65.1 Å². The summed E-state index contributed by atoms with van der Waals surface area (Å²) in [5.41, 5.74) is 3.95. The van der Waals surface area contributed by atoms with Gasteiger partial charge in [0.2, 0.25) is 0 Å². The molecule has 0 unspecified atom stereocenters. The number of halogens is 3. The minimum absolute atomic E-state index is 0.452. The first kappa shape index (κ1) is 19.5. The van der Waals surface area contributed by atoms with E-state index in [1.807, 2.05) is 47.0 Å². The molecule has 3 nitrogen and oxygen atoms in total. The van der Waals surface area contributed by atoms with Crippen molar-refractivity contribution >= 4 is 57.5 Å². The van der Waals surface area contributed by atoms with Crippen molar-refractivity contribution in [2.75, 3.05) is 0 Å². The molecule has 0 aliphatic heterocycles. The van der Waals surface area contributed by atoms with Gasteiger partial charge in [0.05, 0.1) is 23.2 Å². The Labute approximate surface area is 183 Å². The minimum atomic E-state index is 0.452. The highest BCUT2D eigenvalue weighted by molar-refractivity contribution is 6.35. The van der Waals surface area contributed by atoms with Gasteiger partial charge in [-0.3, -0.25) is 0 Å². The summed E-state index contributed by atoms with van der Waals surface area (Å²) in [5.74, 6) is 0.578. The fourth-order valence-corrected chi connectivity index (χ4v) is 3.73. The summed E-state index contributed by atoms with van der Waals surface area (Å²) in [6, 6.07) is 22.8. The zero-order valence-electron chi connectivity index (χ0n) is 15.1. The lowest BCUT2D eigenvalue weighted by atomic mass is 10.1. The number of rotatable bonds is 4. The highest BCUT2D eigenvalue weighted by Crippen LogP contribution is 2.28. The minimum Gasteiger partial charge on any atom is -0.319 e. The van der Waals surface area contributed by atoms with Crippen molar-refractivity contribution < 1.29 is 0 Å². The largest absolute Gasteiger partial charge is 0.319 e. The third-order valence-corrected chi connectivity index (χ3v) is 5.38. The SMILES string of the molecule is N#C/C(=C\c1ccc(Cl)cc1)c1nc2ccccc2n1Cc1ccc(Cl)cc1Cl. The third-order valence-electron chi connectivity index (χ3n) is 4.54. The number of imidazole rings is 1. The van der Waals surface area contributed by atoms with Crippen molar-refractivity contribution in [2.45, 2.75) is 6.54 Å². The lowest BCUT2D eigenvalue weighted by Crippen LogP contribution is -2.05. The Morgan fingerprint density at radius 1 is 0.966 bits per heavy atom. The van der Waals surface area contributed by atoms with E-state index in [0.717, 1.165) is 22.2 Å². The number of hydrogen-bond acceptors (Lipinski definition) is 2. The van der Waals surface area contributed by atoms with Gasteiger partial charge in [-0.15, -0.1) is 0 Å². The summed E-state index contributed by atoms with van der Waals surface area (Å²) in [6.07, 6.45) is 1.80. The molecule has 0 radical (unpaired) electrons. The quantitative estimate of drug-likeness (QED) is 0.319. The molecule has 142 valence electrons. The van der Waals surface area contributed by atoms with Gasteiger partial charge in [0.15, 0.2) is 5.82 Å². The molecule has 4 rings (SSSR count). The molecule has 6 heteroatoms. The smallest absolute Gasteiger partial charge is 0.152 e. The molecular weight excluding hydrogens is 425 g/mol. The summed E-state index contributed by atoms with van der Waals surface area (Å²) < 4.78 is 2.00. The van der Waals surface area contributed by atoms with Crippen LogP contribution >= 0.6 is 34.8 Å². The van der Waals surface area contributed by atoms with Gasteiger partial charge in [-0.2, -0.15) is 5.26 Å². The standard InChI is InChI=1S/C23H14Cl3N3/c24-18-8-5-15(6-9-18)11-17(13-27)23-28-21-3-1-2-4-22(21)29(23)14-16-7-10-19(25)12-20(16)26/h1-12H,14H2/b17-11+. The molecule has 3 aromatic carbocycles. The van der Waals surface area contributed by atoms with E-state index >= 15 is 0 Å². The molecule has 0 aliphatic carbocycles. The van der Waals surface area contributed by atoms with Crippen LogP contribution in [0.25, 0.3) is 22.7 Å². The summed E-state index contributed by atoms with van der Waals surface area (Å²) >= 11 is 18.4. The van der Waals surface area contributed by atoms with E-state index in [1.165, 1.54) is 0 Å². The molecule has 0 fully saturated rings. The molecule has 0 bridgehead atoms. The molecule has 0 spiro atoms. The number of nitriles is 1. The van der Waals surface area contributed by atoms with Gasteiger partial charge >= 0.3 is 0 Å². The fourth-order valence-electron chi connectivity index (χ4n) is 3.13. The van der Waals surface area contributed by atoms with Gasteiger partial charge in [-0.25, -0.2) is 4.98 Å². The average molecular weight is 439 g/mol. The van der Waals surface area contributed by atoms with Crippen LogP contribution in [0.1, 0.15) is 17.0 Å². The van der Waals surface area contributed by atoms with E-state index < -0.39 is 0 Å². The topological polar surface area (TPSA) is 41.6 Å². The van der Waals surface area contributed by atoms with Gasteiger partial charge < -0.3 is 4.57 Å². The summed E-state index contributed by atoms with van der Waals surface area (Å²) in [5, 5.41) is 11.7. The Hall–Kier alpha value is -2.77. The second kappa shape index (κ2) is 8.31. The lowest BCUT2D eigenvalue weighted by Gasteiger charge is -2.11. The van der Waals surface area contributed by atoms with Gasteiger partial charge in [0.25, 0.3) is 0 Å². The maximum Gasteiger partial charge on any atom is 0.152 e. The number of fused-ring (bicyclic) bond motifs is 1.